The smallest absolute Gasteiger partial charge is 0.322 e. The molecule has 0 bridgehead atoms. The number of anilines is 1. The molecule has 7 nitrogen and oxygen atoms in total. The summed E-state index contributed by atoms with van der Waals surface area (Å²) in [4.78, 5) is 30.0. The van der Waals surface area contributed by atoms with Crippen LogP contribution in [0.3, 0.4) is 0 Å². The number of para-hydroxylation sites is 3. The van der Waals surface area contributed by atoms with Gasteiger partial charge >= 0.3 is 6.01 Å². The van der Waals surface area contributed by atoms with Crippen LogP contribution in [0, 0.1) is 13.8 Å². The first kappa shape index (κ1) is 17.5. The summed E-state index contributed by atoms with van der Waals surface area (Å²) in [6.45, 7) is 3.57. The normalized spacial score (nSPS) is 10.6. The molecule has 2 aromatic heterocycles. The first-order valence-corrected chi connectivity index (χ1v) is 8.71. The van der Waals surface area contributed by atoms with E-state index in [0.717, 1.165) is 5.52 Å². The molecule has 4 rings (SSSR count). The van der Waals surface area contributed by atoms with Gasteiger partial charge in [-0.05, 0) is 38.1 Å². The molecule has 0 atom stereocenters. The van der Waals surface area contributed by atoms with Gasteiger partial charge in [-0.2, -0.15) is 9.97 Å². The lowest BCUT2D eigenvalue weighted by atomic mass is 10.2. The topological polar surface area (TPSA) is 89.9 Å². The van der Waals surface area contributed by atoms with Crippen LogP contribution in [-0.4, -0.2) is 25.8 Å². The minimum Gasteiger partial charge on any atom is -0.424 e. The summed E-state index contributed by atoms with van der Waals surface area (Å²) in [5, 5.41) is 2.83. The van der Waals surface area contributed by atoms with Crippen molar-refractivity contribution in [3.05, 3.63) is 77.9 Å². The Kier molecular flexibility index (Phi) is 4.63. The van der Waals surface area contributed by atoms with Crippen LogP contribution in [0.2, 0.25) is 0 Å². The van der Waals surface area contributed by atoms with Crippen molar-refractivity contribution in [2.75, 3.05) is 5.32 Å². The molecule has 138 valence electrons. The predicted octanol–water partition coefficient (Wildman–Crippen LogP) is 4.08. The van der Waals surface area contributed by atoms with Gasteiger partial charge in [0.2, 0.25) is 0 Å². The molecule has 0 unspecified atom stereocenters. The quantitative estimate of drug-likeness (QED) is 0.581. The van der Waals surface area contributed by atoms with Crippen molar-refractivity contribution in [2.24, 2.45) is 0 Å². The number of nitrogens with one attached hydrogen (secondary N) is 1. The van der Waals surface area contributed by atoms with Gasteiger partial charge in [-0.3, -0.25) is 9.78 Å². The molecule has 1 amide bonds. The van der Waals surface area contributed by atoms with Gasteiger partial charge < -0.3 is 10.1 Å². The van der Waals surface area contributed by atoms with Crippen LogP contribution in [0.4, 0.5) is 5.69 Å². The van der Waals surface area contributed by atoms with E-state index in [1.807, 2.05) is 54.6 Å². The second-order valence-electron chi connectivity index (χ2n) is 6.17. The molecule has 28 heavy (non-hydrogen) atoms. The highest BCUT2D eigenvalue weighted by Crippen LogP contribution is 2.23. The van der Waals surface area contributed by atoms with Crippen LogP contribution in [0.5, 0.6) is 11.8 Å². The number of aromatic nitrogens is 4. The molecule has 0 saturated heterocycles. The highest BCUT2D eigenvalue weighted by Gasteiger charge is 2.15. The van der Waals surface area contributed by atoms with Crippen molar-refractivity contribution in [1.29, 1.82) is 0 Å². The lowest BCUT2D eigenvalue weighted by Gasteiger charge is -2.12. The van der Waals surface area contributed by atoms with E-state index in [4.69, 9.17) is 4.74 Å². The monoisotopic (exact) mass is 371 g/mol. The van der Waals surface area contributed by atoms with E-state index in [2.05, 4.69) is 25.3 Å². The number of hydrogen-bond donors (Lipinski definition) is 1. The van der Waals surface area contributed by atoms with Gasteiger partial charge in [-0.15, -0.1) is 0 Å². The SMILES string of the molecule is Cc1nc(Oc2ccccc2)nc(C)c1NC(=O)c1cnc2ccccc2n1. The van der Waals surface area contributed by atoms with Crippen molar-refractivity contribution in [3.8, 4) is 11.8 Å². The fourth-order valence-corrected chi connectivity index (χ4v) is 2.75. The molecule has 2 aromatic carbocycles. The lowest BCUT2D eigenvalue weighted by Crippen LogP contribution is -2.17. The van der Waals surface area contributed by atoms with E-state index in [0.29, 0.717) is 28.3 Å². The molecule has 2 heterocycles. The molecule has 7 heteroatoms. The number of ether oxygens (including phenoxy) is 1. The molecule has 0 aliphatic heterocycles. The third-order valence-electron chi connectivity index (χ3n) is 4.12. The van der Waals surface area contributed by atoms with Gasteiger partial charge in [0.1, 0.15) is 11.4 Å². The number of carbonyl (C=O) groups is 1. The second-order valence-corrected chi connectivity index (χ2v) is 6.17. The molecule has 0 saturated carbocycles. The number of benzene rings is 2. The molecule has 1 N–H and O–H groups in total. The van der Waals surface area contributed by atoms with Gasteiger partial charge in [0, 0.05) is 0 Å². The Hall–Kier alpha value is -3.87. The Morgan fingerprint density at radius 3 is 2.21 bits per heavy atom. The van der Waals surface area contributed by atoms with E-state index in [9.17, 15) is 4.79 Å². The number of aryl methyl sites for hydroxylation is 2. The van der Waals surface area contributed by atoms with E-state index < -0.39 is 0 Å². The summed E-state index contributed by atoms with van der Waals surface area (Å²) in [7, 11) is 0. The third kappa shape index (κ3) is 3.64. The zero-order chi connectivity index (χ0) is 19.5. The molecule has 4 aromatic rings. The van der Waals surface area contributed by atoms with Crippen molar-refractivity contribution >= 4 is 22.6 Å². The fraction of sp³-hybridized carbons (Fsp3) is 0.0952. The van der Waals surface area contributed by atoms with Crippen LogP contribution in [0.25, 0.3) is 11.0 Å². The highest BCUT2D eigenvalue weighted by molar-refractivity contribution is 6.04. The van der Waals surface area contributed by atoms with E-state index in [1.54, 1.807) is 13.8 Å². The molecule has 0 spiro atoms. The molecular formula is C21H17N5O2. The standard InChI is InChI=1S/C21H17N5O2/c1-13-19(14(2)24-21(23-13)28-15-8-4-3-5-9-15)26-20(27)18-12-22-16-10-6-7-11-17(16)25-18/h3-12H,1-2H3,(H,26,27). The Morgan fingerprint density at radius 1 is 0.857 bits per heavy atom. The van der Waals surface area contributed by atoms with Crippen LogP contribution >= 0.6 is 0 Å². The summed E-state index contributed by atoms with van der Waals surface area (Å²) in [6.07, 6.45) is 1.45. The largest absolute Gasteiger partial charge is 0.424 e. The second kappa shape index (κ2) is 7.40. The van der Waals surface area contributed by atoms with Gasteiger partial charge in [0.25, 0.3) is 5.91 Å². The molecule has 0 fully saturated rings. The number of nitrogens with zero attached hydrogens (tertiary/aromatic N) is 4. The molecule has 0 aliphatic carbocycles. The van der Waals surface area contributed by atoms with Gasteiger partial charge in [0.05, 0.1) is 34.3 Å². The Labute approximate surface area is 161 Å². The van der Waals surface area contributed by atoms with E-state index in [-0.39, 0.29) is 17.6 Å². The molecular weight excluding hydrogens is 354 g/mol. The first-order chi connectivity index (χ1) is 13.6. The zero-order valence-corrected chi connectivity index (χ0v) is 15.4. The predicted molar refractivity (Wildman–Crippen MR) is 106 cm³/mol. The number of carbonyl (C=O) groups excluding carboxylic acids is 1. The number of rotatable bonds is 4. The van der Waals surface area contributed by atoms with E-state index in [1.165, 1.54) is 6.20 Å². The zero-order valence-electron chi connectivity index (χ0n) is 15.4. The fourth-order valence-electron chi connectivity index (χ4n) is 2.75. The number of hydrogen-bond acceptors (Lipinski definition) is 6. The summed E-state index contributed by atoms with van der Waals surface area (Å²) in [5.74, 6) is 0.273. The molecule has 0 radical (unpaired) electrons. The van der Waals surface area contributed by atoms with Crippen molar-refractivity contribution < 1.29 is 9.53 Å². The number of amides is 1. The minimum atomic E-state index is -0.371. The lowest BCUT2D eigenvalue weighted by molar-refractivity contribution is 0.102. The van der Waals surface area contributed by atoms with E-state index >= 15 is 0 Å². The van der Waals surface area contributed by atoms with Gasteiger partial charge in [-0.1, -0.05) is 30.3 Å². The Morgan fingerprint density at radius 2 is 1.50 bits per heavy atom. The average Bonchev–Trinajstić information content (AvgIpc) is 2.71. The van der Waals surface area contributed by atoms with Gasteiger partial charge in [0.15, 0.2) is 0 Å². The number of fused-ring (bicyclic) bond motifs is 1. The van der Waals surface area contributed by atoms with Crippen LogP contribution in [-0.2, 0) is 0 Å². The third-order valence-corrected chi connectivity index (χ3v) is 4.12. The summed E-state index contributed by atoms with van der Waals surface area (Å²) >= 11 is 0. The van der Waals surface area contributed by atoms with Crippen molar-refractivity contribution in [1.82, 2.24) is 19.9 Å². The van der Waals surface area contributed by atoms with Crippen molar-refractivity contribution in [3.63, 3.8) is 0 Å². The highest BCUT2D eigenvalue weighted by atomic mass is 16.5. The Bertz CT molecular complexity index is 1140. The average molecular weight is 371 g/mol. The van der Waals surface area contributed by atoms with Crippen LogP contribution in [0.15, 0.2) is 60.8 Å². The molecule has 0 aliphatic rings. The van der Waals surface area contributed by atoms with Crippen LogP contribution < -0.4 is 10.1 Å². The van der Waals surface area contributed by atoms with Crippen LogP contribution in [0.1, 0.15) is 21.9 Å². The summed E-state index contributed by atoms with van der Waals surface area (Å²) < 4.78 is 5.68. The summed E-state index contributed by atoms with van der Waals surface area (Å²) in [5.41, 5.74) is 3.34. The maximum Gasteiger partial charge on any atom is 0.322 e. The van der Waals surface area contributed by atoms with Crippen molar-refractivity contribution in [2.45, 2.75) is 13.8 Å². The maximum atomic E-state index is 12.6. The Balaban J connectivity index is 1.57. The van der Waals surface area contributed by atoms with Gasteiger partial charge in [-0.25, -0.2) is 4.98 Å². The maximum absolute atomic E-state index is 12.6. The minimum absolute atomic E-state index is 0.224. The summed E-state index contributed by atoms with van der Waals surface area (Å²) in [6, 6.07) is 16.9. The first-order valence-electron chi connectivity index (χ1n) is 8.71.